The van der Waals surface area contributed by atoms with E-state index >= 15 is 0 Å². The Labute approximate surface area is 119 Å². The Hall–Kier alpha value is -2.01. The summed E-state index contributed by atoms with van der Waals surface area (Å²) in [6.45, 7) is 3.35. The highest BCUT2D eigenvalue weighted by Crippen LogP contribution is 2.31. The summed E-state index contributed by atoms with van der Waals surface area (Å²) in [6.07, 6.45) is 3.96. The first-order chi connectivity index (χ1) is 9.72. The average molecular weight is 272 g/mol. The SMILES string of the molecule is CN(Cc1cnn(C)c1)Cc1cccc2c1OCCN2. The molecule has 1 aromatic heterocycles. The van der Waals surface area contributed by atoms with Gasteiger partial charge in [-0.25, -0.2) is 0 Å². The lowest BCUT2D eigenvalue weighted by Crippen LogP contribution is -2.22. The van der Waals surface area contributed by atoms with Crippen molar-refractivity contribution in [3.8, 4) is 5.75 Å². The van der Waals surface area contributed by atoms with Gasteiger partial charge < -0.3 is 10.1 Å². The van der Waals surface area contributed by atoms with E-state index in [9.17, 15) is 0 Å². The van der Waals surface area contributed by atoms with Crippen molar-refractivity contribution < 1.29 is 4.74 Å². The van der Waals surface area contributed by atoms with Crippen LogP contribution in [0.3, 0.4) is 0 Å². The quantitative estimate of drug-likeness (QED) is 0.922. The molecule has 2 heterocycles. The standard InChI is InChI=1S/C15H20N4O/c1-18(9-12-8-17-19(2)10-12)11-13-4-3-5-14-15(13)20-7-6-16-14/h3-5,8,10,16H,6-7,9,11H2,1-2H3. The number of rotatable bonds is 4. The molecule has 3 rings (SSSR count). The Morgan fingerprint density at radius 1 is 1.40 bits per heavy atom. The van der Waals surface area contributed by atoms with Gasteiger partial charge >= 0.3 is 0 Å². The molecule has 1 aliphatic rings. The number of anilines is 1. The molecule has 0 bridgehead atoms. The Bertz CT molecular complexity index is 593. The van der Waals surface area contributed by atoms with Crippen LogP contribution in [0.25, 0.3) is 0 Å². The number of hydrogen-bond donors (Lipinski definition) is 1. The maximum atomic E-state index is 5.80. The number of nitrogens with zero attached hydrogens (tertiary/aromatic N) is 3. The predicted molar refractivity (Wildman–Crippen MR) is 78.8 cm³/mol. The smallest absolute Gasteiger partial charge is 0.146 e. The molecular formula is C15H20N4O. The van der Waals surface area contributed by atoms with Crippen LogP contribution >= 0.6 is 0 Å². The molecule has 0 saturated carbocycles. The third-order valence-electron chi connectivity index (χ3n) is 3.41. The third-order valence-corrected chi connectivity index (χ3v) is 3.41. The van der Waals surface area contributed by atoms with Gasteiger partial charge in [0, 0.05) is 44.0 Å². The topological polar surface area (TPSA) is 42.3 Å². The summed E-state index contributed by atoms with van der Waals surface area (Å²) in [6, 6.07) is 6.28. The van der Waals surface area contributed by atoms with Crippen molar-refractivity contribution in [3.63, 3.8) is 0 Å². The van der Waals surface area contributed by atoms with Crippen LogP contribution in [-0.4, -0.2) is 34.9 Å². The van der Waals surface area contributed by atoms with Crippen LogP contribution in [0.1, 0.15) is 11.1 Å². The predicted octanol–water partition coefficient (Wildman–Crippen LogP) is 1.86. The molecule has 1 N–H and O–H groups in total. The number of ether oxygens (including phenoxy) is 1. The summed E-state index contributed by atoms with van der Waals surface area (Å²) in [7, 11) is 4.05. The zero-order valence-electron chi connectivity index (χ0n) is 12.0. The molecule has 1 aliphatic heterocycles. The molecule has 106 valence electrons. The van der Waals surface area contributed by atoms with E-state index in [1.165, 1.54) is 11.1 Å². The van der Waals surface area contributed by atoms with Crippen LogP contribution in [0.4, 0.5) is 5.69 Å². The normalized spacial score (nSPS) is 13.8. The van der Waals surface area contributed by atoms with E-state index in [4.69, 9.17) is 4.74 Å². The number of aromatic nitrogens is 2. The molecule has 0 radical (unpaired) electrons. The monoisotopic (exact) mass is 272 g/mol. The molecular weight excluding hydrogens is 252 g/mol. The second kappa shape index (κ2) is 5.54. The molecule has 5 nitrogen and oxygen atoms in total. The van der Waals surface area contributed by atoms with Gasteiger partial charge in [-0.2, -0.15) is 5.10 Å². The van der Waals surface area contributed by atoms with Crippen LogP contribution in [0.15, 0.2) is 30.6 Å². The molecule has 0 spiro atoms. The van der Waals surface area contributed by atoms with Gasteiger partial charge in [-0.1, -0.05) is 12.1 Å². The third kappa shape index (κ3) is 2.77. The van der Waals surface area contributed by atoms with Crippen LogP contribution < -0.4 is 10.1 Å². The number of para-hydroxylation sites is 1. The number of nitrogens with one attached hydrogen (secondary N) is 1. The fourth-order valence-electron chi connectivity index (χ4n) is 2.57. The highest BCUT2D eigenvalue weighted by atomic mass is 16.5. The minimum Gasteiger partial charge on any atom is -0.489 e. The average Bonchev–Trinajstić information content (AvgIpc) is 2.84. The fraction of sp³-hybridized carbons (Fsp3) is 0.400. The van der Waals surface area contributed by atoms with E-state index in [2.05, 4.69) is 46.8 Å². The van der Waals surface area contributed by atoms with Crippen molar-refractivity contribution >= 4 is 5.69 Å². The summed E-state index contributed by atoms with van der Waals surface area (Å²) >= 11 is 0. The number of benzene rings is 1. The van der Waals surface area contributed by atoms with Crippen LogP contribution in [-0.2, 0) is 20.1 Å². The second-order valence-corrected chi connectivity index (χ2v) is 5.26. The first kappa shape index (κ1) is 13.0. The molecule has 0 aliphatic carbocycles. The van der Waals surface area contributed by atoms with Crippen molar-refractivity contribution in [1.82, 2.24) is 14.7 Å². The zero-order valence-corrected chi connectivity index (χ0v) is 12.0. The van der Waals surface area contributed by atoms with Crippen molar-refractivity contribution in [2.45, 2.75) is 13.1 Å². The van der Waals surface area contributed by atoms with Crippen molar-refractivity contribution in [2.75, 3.05) is 25.5 Å². The van der Waals surface area contributed by atoms with Gasteiger partial charge in [-0.05, 0) is 13.1 Å². The van der Waals surface area contributed by atoms with Gasteiger partial charge in [0.2, 0.25) is 0 Å². The lowest BCUT2D eigenvalue weighted by molar-refractivity contribution is 0.291. The Kier molecular flexibility index (Phi) is 3.60. The van der Waals surface area contributed by atoms with Gasteiger partial charge in [-0.15, -0.1) is 0 Å². The minimum absolute atomic E-state index is 0.732. The first-order valence-electron chi connectivity index (χ1n) is 6.87. The molecule has 20 heavy (non-hydrogen) atoms. The van der Waals surface area contributed by atoms with Crippen LogP contribution in [0.5, 0.6) is 5.75 Å². The first-order valence-corrected chi connectivity index (χ1v) is 6.87. The molecule has 1 aromatic carbocycles. The van der Waals surface area contributed by atoms with Gasteiger partial charge in [0.25, 0.3) is 0 Å². The van der Waals surface area contributed by atoms with E-state index in [1.807, 2.05) is 17.9 Å². The molecule has 0 fully saturated rings. The van der Waals surface area contributed by atoms with Gasteiger partial charge in [-0.3, -0.25) is 9.58 Å². The summed E-state index contributed by atoms with van der Waals surface area (Å²) in [5, 5.41) is 7.57. The Morgan fingerprint density at radius 3 is 3.10 bits per heavy atom. The molecule has 0 amide bonds. The highest BCUT2D eigenvalue weighted by Gasteiger charge is 2.15. The maximum Gasteiger partial charge on any atom is 0.146 e. The highest BCUT2D eigenvalue weighted by molar-refractivity contribution is 5.61. The van der Waals surface area contributed by atoms with Crippen molar-refractivity contribution in [1.29, 1.82) is 0 Å². The number of hydrogen-bond acceptors (Lipinski definition) is 4. The Morgan fingerprint density at radius 2 is 2.30 bits per heavy atom. The summed E-state index contributed by atoms with van der Waals surface area (Å²) in [5.74, 6) is 0.997. The van der Waals surface area contributed by atoms with Crippen LogP contribution in [0.2, 0.25) is 0 Å². The molecule has 0 unspecified atom stereocenters. The minimum atomic E-state index is 0.732. The summed E-state index contributed by atoms with van der Waals surface area (Å²) in [5.41, 5.74) is 3.54. The Balaban J connectivity index is 1.71. The summed E-state index contributed by atoms with van der Waals surface area (Å²) < 4.78 is 7.64. The molecule has 2 aromatic rings. The van der Waals surface area contributed by atoms with E-state index in [1.54, 1.807) is 0 Å². The van der Waals surface area contributed by atoms with E-state index in [0.717, 1.165) is 37.7 Å². The van der Waals surface area contributed by atoms with E-state index < -0.39 is 0 Å². The number of fused-ring (bicyclic) bond motifs is 1. The molecule has 0 saturated heterocycles. The molecule has 0 atom stereocenters. The molecule has 5 heteroatoms. The van der Waals surface area contributed by atoms with Crippen molar-refractivity contribution in [2.24, 2.45) is 7.05 Å². The largest absolute Gasteiger partial charge is 0.489 e. The fourth-order valence-corrected chi connectivity index (χ4v) is 2.57. The van der Waals surface area contributed by atoms with Crippen molar-refractivity contribution in [3.05, 3.63) is 41.7 Å². The maximum absolute atomic E-state index is 5.80. The lowest BCUT2D eigenvalue weighted by Gasteiger charge is -2.24. The van der Waals surface area contributed by atoms with Crippen LogP contribution in [0, 0.1) is 0 Å². The second-order valence-electron chi connectivity index (χ2n) is 5.26. The van der Waals surface area contributed by atoms with E-state index in [-0.39, 0.29) is 0 Å². The van der Waals surface area contributed by atoms with Gasteiger partial charge in [0.05, 0.1) is 11.9 Å². The summed E-state index contributed by atoms with van der Waals surface area (Å²) in [4.78, 5) is 2.27. The number of aryl methyl sites for hydroxylation is 1. The van der Waals surface area contributed by atoms with Gasteiger partial charge in [0.1, 0.15) is 12.4 Å². The van der Waals surface area contributed by atoms with Gasteiger partial charge in [0.15, 0.2) is 0 Å². The lowest BCUT2D eigenvalue weighted by atomic mass is 10.1. The van der Waals surface area contributed by atoms with E-state index in [0.29, 0.717) is 0 Å². The zero-order chi connectivity index (χ0) is 13.9.